The van der Waals surface area contributed by atoms with Crippen LogP contribution in [-0.2, 0) is 19.5 Å². The summed E-state index contributed by atoms with van der Waals surface area (Å²) < 4.78 is 2.45. The molecule has 3 aromatic rings. The lowest BCUT2D eigenvalue weighted by molar-refractivity contribution is 0.195. The molecule has 1 aromatic carbocycles. The Kier molecular flexibility index (Phi) is 5.10. The topological polar surface area (TPSA) is 37.2 Å². The van der Waals surface area contributed by atoms with Crippen molar-refractivity contribution in [2.45, 2.75) is 44.8 Å². The van der Waals surface area contributed by atoms with Gasteiger partial charge in [0.25, 0.3) is 0 Å². The molecule has 0 amide bonds. The van der Waals surface area contributed by atoms with E-state index in [9.17, 15) is 0 Å². The van der Waals surface area contributed by atoms with Gasteiger partial charge in [-0.15, -0.1) is 0 Å². The SMILES string of the molecule is CN(C)CCCn1c(CN2CCC3CCc4cccnc4C32)nc2ccccc21. The number of para-hydroxylation sites is 2. The van der Waals surface area contributed by atoms with Crippen LogP contribution in [0.15, 0.2) is 42.6 Å². The summed E-state index contributed by atoms with van der Waals surface area (Å²) in [6.07, 6.45) is 6.85. The van der Waals surface area contributed by atoms with Gasteiger partial charge in [0.05, 0.1) is 29.3 Å². The summed E-state index contributed by atoms with van der Waals surface area (Å²) in [5, 5.41) is 0. The molecule has 0 bridgehead atoms. The Hall–Kier alpha value is -2.24. The van der Waals surface area contributed by atoms with Crippen molar-refractivity contribution < 1.29 is 0 Å². The summed E-state index contributed by atoms with van der Waals surface area (Å²) in [6.45, 7) is 4.17. The molecule has 1 fully saturated rings. The van der Waals surface area contributed by atoms with E-state index < -0.39 is 0 Å². The van der Waals surface area contributed by atoms with Crippen LogP contribution in [0, 0.1) is 5.92 Å². The monoisotopic (exact) mass is 389 g/mol. The Morgan fingerprint density at radius 2 is 2.00 bits per heavy atom. The lowest BCUT2D eigenvalue weighted by Gasteiger charge is -2.32. The second kappa shape index (κ2) is 7.88. The molecule has 2 unspecified atom stereocenters. The van der Waals surface area contributed by atoms with Crippen molar-refractivity contribution in [3.8, 4) is 0 Å². The molecule has 5 nitrogen and oxygen atoms in total. The second-order valence-electron chi connectivity index (χ2n) is 8.88. The Balaban J connectivity index is 1.44. The highest BCUT2D eigenvalue weighted by Gasteiger charge is 2.40. The Morgan fingerprint density at radius 3 is 2.90 bits per heavy atom. The van der Waals surface area contributed by atoms with Crippen molar-refractivity contribution in [2.75, 3.05) is 27.2 Å². The lowest BCUT2D eigenvalue weighted by Crippen LogP contribution is -2.30. The molecule has 1 aliphatic heterocycles. The summed E-state index contributed by atoms with van der Waals surface area (Å²) in [7, 11) is 4.29. The van der Waals surface area contributed by atoms with Crippen LogP contribution in [0.2, 0.25) is 0 Å². The predicted molar refractivity (Wildman–Crippen MR) is 117 cm³/mol. The fourth-order valence-electron chi connectivity index (χ4n) is 5.29. The van der Waals surface area contributed by atoms with E-state index in [1.165, 1.54) is 41.9 Å². The molecule has 0 radical (unpaired) electrons. The van der Waals surface area contributed by atoms with Crippen molar-refractivity contribution in [1.29, 1.82) is 0 Å². The molecule has 2 aliphatic rings. The summed E-state index contributed by atoms with van der Waals surface area (Å²) in [4.78, 5) is 14.8. The molecule has 3 heterocycles. The van der Waals surface area contributed by atoms with Crippen molar-refractivity contribution in [1.82, 2.24) is 24.3 Å². The van der Waals surface area contributed by atoms with Crippen LogP contribution in [0.3, 0.4) is 0 Å². The van der Waals surface area contributed by atoms with E-state index in [-0.39, 0.29) is 0 Å². The lowest BCUT2D eigenvalue weighted by atomic mass is 9.83. The zero-order chi connectivity index (χ0) is 19.8. The van der Waals surface area contributed by atoms with E-state index in [2.05, 4.69) is 64.9 Å². The molecule has 5 rings (SSSR count). The van der Waals surface area contributed by atoms with Gasteiger partial charge in [0.2, 0.25) is 0 Å². The smallest absolute Gasteiger partial charge is 0.124 e. The third kappa shape index (κ3) is 3.58. The number of hydrogen-bond acceptors (Lipinski definition) is 4. The van der Waals surface area contributed by atoms with Gasteiger partial charge in [-0.2, -0.15) is 0 Å². The summed E-state index contributed by atoms with van der Waals surface area (Å²) in [5.74, 6) is 1.94. The van der Waals surface area contributed by atoms with Crippen LogP contribution in [0.1, 0.15) is 42.4 Å². The number of imidazole rings is 1. The van der Waals surface area contributed by atoms with E-state index in [0.717, 1.165) is 44.0 Å². The molecule has 0 N–H and O–H groups in total. The Morgan fingerprint density at radius 1 is 1.10 bits per heavy atom. The molecule has 1 aliphatic carbocycles. The number of benzene rings is 1. The number of aryl methyl sites for hydroxylation is 2. The van der Waals surface area contributed by atoms with E-state index in [0.29, 0.717) is 6.04 Å². The van der Waals surface area contributed by atoms with Gasteiger partial charge >= 0.3 is 0 Å². The molecule has 2 aromatic heterocycles. The van der Waals surface area contributed by atoms with Crippen molar-refractivity contribution >= 4 is 11.0 Å². The maximum atomic E-state index is 5.05. The minimum absolute atomic E-state index is 0.454. The fraction of sp³-hybridized carbons (Fsp3) is 0.500. The van der Waals surface area contributed by atoms with Gasteiger partial charge in [-0.3, -0.25) is 9.88 Å². The number of nitrogens with zero attached hydrogens (tertiary/aromatic N) is 5. The molecule has 0 saturated carbocycles. The van der Waals surface area contributed by atoms with Gasteiger partial charge in [0, 0.05) is 12.7 Å². The van der Waals surface area contributed by atoms with Crippen LogP contribution in [0.5, 0.6) is 0 Å². The Bertz CT molecular complexity index is 992. The van der Waals surface area contributed by atoms with Crippen molar-refractivity contribution in [2.24, 2.45) is 5.92 Å². The maximum absolute atomic E-state index is 5.05. The third-order valence-electron chi connectivity index (χ3n) is 6.68. The third-order valence-corrected chi connectivity index (χ3v) is 6.68. The minimum Gasteiger partial charge on any atom is -0.327 e. The van der Waals surface area contributed by atoms with Crippen LogP contribution in [-0.4, -0.2) is 51.5 Å². The van der Waals surface area contributed by atoms with E-state index >= 15 is 0 Å². The quantitative estimate of drug-likeness (QED) is 0.641. The maximum Gasteiger partial charge on any atom is 0.124 e. The van der Waals surface area contributed by atoms with Crippen LogP contribution in [0.4, 0.5) is 0 Å². The Labute approximate surface area is 173 Å². The van der Waals surface area contributed by atoms with Gasteiger partial charge in [-0.1, -0.05) is 18.2 Å². The molecular weight excluding hydrogens is 358 g/mol. The molecule has 1 saturated heterocycles. The minimum atomic E-state index is 0.454. The first kappa shape index (κ1) is 18.8. The average Bonchev–Trinajstić information content (AvgIpc) is 3.30. The van der Waals surface area contributed by atoms with Crippen LogP contribution < -0.4 is 0 Å². The van der Waals surface area contributed by atoms with E-state index in [4.69, 9.17) is 9.97 Å². The van der Waals surface area contributed by atoms with Gasteiger partial charge in [0.1, 0.15) is 5.82 Å². The van der Waals surface area contributed by atoms with Crippen molar-refractivity contribution in [3.05, 3.63) is 59.7 Å². The normalized spacial score (nSPS) is 21.6. The van der Waals surface area contributed by atoms with Crippen LogP contribution >= 0.6 is 0 Å². The number of likely N-dealkylation sites (tertiary alicyclic amines) is 1. The number of hydrogen-bond donors (Lipinski definition) is 0. The zero-order valence-corrected chi connectivity index (χ0v) is 17.6. The number of fused-ring (bicyclic) bond motifs is 4. The second-order valence-corrected chi connectivity index (χ2v) is 8.88. The zero-order valence-electron chi connectivity index (χ0n) is 17.6. The molecule has 5 heteroatoms. The van der Waals surface area contributed by atoms with Crippen LogP contribution in [0.25, 0.3) is 11.0 Å². The van der Waals surface area contributed by atoms with Gasteiger partial charge < -0.3 is 9.47 Å². The molecular formula is C24H31N5. The standard InChI is InChI=1S/C24H31N5/c1-27(2)14-6-15-29-21-9-4-3-8-20(21)26-22(29)17-28-16-12-19-11-10-18-7-5-13-25-23(18)24(19)28/h3-5,7-9,13,19,24H,6,10-12,14-17H2,1-2H3. The number of pyridine rings is 1. The summed E-state index contributed by atoms with van der Waals surface area (Å²) >= 11 is 0. The molecule has 152 valence electrons. The number of rotatable bonds is 6. The van der Waals surface area contributed by atoms with Gasteiger partial charge in [0.15, 0.2) is 0 Å². The highest BCUT2D eigenvalue weighted by Crippen LogP contribution is 2.44. The average molecular weight is 390 g/mol. The van der Waals surface area contributed by atoms with E-state index in [1.54, 1.807) is 0 Å². The highest BCUT2D eigenvalue weighted by molar-refractivity contribution is 5.75. The number of aromatic nitrogens is 3. The van der Waals surface area contributed by atoms with Gasteiger partial charge in [-0.25, -0.2) is 4.98 Å². The molecule has 29 heavy (non-hydrogen) atoms. The highest BCUT2D eigenvalue weighted by atomic mass is 15.2. The van der Waals surface area contributed by atoms with E-state index in [1.807, 2.05) is 6.20 Å². The first-order chi connectivity index (χ1) is 14.2. The summed E-state index contributed by atoms with van der Waals surface area (Å²) in [5.41, 5.74) is 5.14. The first-order valence-corrected chi connectivity index (χ1v) is 11.0. The molecule has 0 spiro atoms. The largest absolute Gasteiger partial charge is 0.327 e. The van der Waals surface area contributed by atoms with Gasteiger partial charge in [-0.05, 0) is 82.5 Å². The molecule has 2 atom stereocenters. The summed E-state index contributed by atoms with van der Waals surface area (Å²) in [6, 6.07) is 13.4. The first-order valence-electron chi connectivity index (χ1n) is 11.0. The van der Waals surface area contributed by atoms with Crippen molar-refractivity contribution in [3.63, 3.8) is 0 Å². The predicted octanol–water partition coefficient (Wildman–Crippen LogP) is 3.89. The fourth-order valence-corrected chi connectivity index (χ4v) is 5.29.